The van der Waals surface area contributed by atoms with E-state index >= 15 is 0 Å². The second kappa shape index (κ2) is 3.10. The van der Waals surface area contributed by atoms with Crippen molar-refractivity contribution in [2.45, 2.75) is 38.0 Å². The van der Waals surface area contributed by atoms with E-state index in [9.17, 15) is 0 Å². The van der Waals surface area contributed by atoms with Crippen LogP contribution in [0.4, 0.5) is 0 Å². The first-order valence-corrected chi connectivity index (χ1v) is 7.36. The largest absolute Gasteiger partial charge is 0.152 e. The zero-order valence-corrected chi connectivity index (χ0v) is 9.88. The first kappa shape index (κ1) is 8.81. The fourth-order valence-electron chi connectivity index (χ4n) is 4.93. The Bertz CT molecular complexity index is 323. The summed E-state index contributed by atoms with van der Waals surface area (Å²) in [7, 11) is 0. The average molecular weight is 218 g/mol. The van der Waals surface area contributed by atoms with Crippen LogP contribution in [0.5, 0.6) is 0 Å². The fraction of sp³-hybridized carbons (Fsp3) is 0.714. The molecule has 1 heterocycles. The van der Waals surface area contributed by atoms with Crippen molar-refractivity contribution in [3.63, 3.8) is 0 Å². The van der Waals surface area contributed by atoms with E-state index < -0.39 is 0 Å². The molecule has 15 heavy (non-hydrogen) atoms. The first-order valence-electron chi connectivity index (χ1n) is 6.42. The minimum Gasteiger partial charge on any atom is -0.152 e. The van der Waals surface area contributed by atoms with Gasteiger partial charge in [0.15, 0.2) is 0 Å². The van der Waals surface area contributed by atoms with Crippen LogP contribution < -0.4 is 0 Å². The van der Waals surface area contributed by atoms with Crippen LogP contribution in [0, 0.1) is 23.7 Å². The molecule has 5 rings (SSSR count). The molecule has 0 radical (unpaired) electrons. The van der Waals surface area contributed by atoms with Gasteiger partial charge in [-0.15, -0.1) is 0 Å². The van der Waals surface area contributed by atoms with E-state index in [2.05, 4.69) is 16.8 Å². The summed E-state index contributed by atoms with van der Waals surface area (Å²) in [6.07, 6.45) is 7.77. The molecule has 4 saturated carbocycles. The number of thiophene rings is 1. The SMILES string of the molecule is c1cc(C2C3CC4CC(C3)CC2C4)cs1. The predicted molar refractivity (Wildman–Crippen MR) is 64.1 cm³/mol. The molecule has 0 aliphatic heterocycles. The van der Waals surface area contributed by atoms with E-state index in [0.29, 0.717) is 0 Å². The minimum atomic E-state index is 0.948. The van der Waals surface area contributed by atoms with Gasteiger partial charge in [-0.05, 0) is 84.1 Å². The van der Waals surface area contributed by atoms with Gasteiger partial charge in [0.25, 0.3) is 0 Å². The fourth-order valence-corrected chi connectivity index (χ4v) is 5.64. The Morgan fingerprint density at radius 2 is 1.60 bits per heavy atom. The smallest absolute Gasteiger partial charge is 0.00582 e. The maximum atomic E-state index is 2.41. The Labute approximate surface area is 95.7 Å². The van der Waals surface area contributed by atoms with Crippen molar-refractivity contribution in [2.75, 3.05) is 0 Å². The number of hydrogen-bond donors (Lipinski definition) is 0. The van der Waals surface area contributed by atoms with Crippen LogP contribution in [0.3, 0.4) is 0 Å². The Morgan fingerprint density at radius 1 is 0.933 bits per heavy atom. The summed E-state index contributed by atoms with van der Waals surface area (Å²) in [4.78, 5) is 0. The van der Waals surface area contributed by atoms with Crippen molar-refractivity contribution < 1.29 is 0 Å². The quantitative estimate of drug-likeness (QED) is 0.659. The van der Waals surface area contributed by atoms with E-state index in [-0.39, 0.29) is 0 Å². The maximum Gasteiger partial charge on any atom is -0.00582 e. The van der Waals surface area contributed by atoms with Crippen LogP contribution in [0.15, 0.2) is 16.8 Å². The van der Waals surface area contributed by atoms with Crippen LogP contribution in [-0.2, 0) is 0 Å². The zero-order chi connectivity index (χ0) is 9.83. The molecule has 0 N–H and O–H groups in total. The molecule has 80 valence electrons. The molecule has 4 aliphatic rings. The van der Waals surface area contributed by atoms with E-state index in [0.717, 1.165) is 29.6 Å². The molecular formula is C14H18S. The van der Waals surface area contributed by atoms with Crippen molar-refractivity contribution in [1.82, 2.24) is 0 Å². The minimum absolute atomic E-state index is 0.948. The van der Waals surface area contributed by atoms with Gasteiger partial charge in [0.2, 0.25) is 0 Å². The average Bonchev–Trinajstić information content (AvgIpc) is 2.69. The van der Waals surface area contributed by atoms with Gasteiger partial charge in [-0.3, -0.25) is 0 Å². The summed E-state index contributed by atoms with van der Waals surface area (Å²) in [5, 5.41) is 4.67. The number of rotatable bonds is 1. The van der Waals surface area contributed by atoms with Crippen LogP contribution in [-0.4, -0.2) is 0 Å². The molecule has 0 spiro atoms. The van der Waals surface area contributed by atoms with Crippen molar-refractivity contribution in [3.8, 4) is 0 Å². The molecule has 0 atom stereocenters. The van der Waals surface area contributed by atoms with Crippen molar-refractivity contribution in [3.05, 3.63) is 22.4 Å². The lowest BCUT2D eigenvalue weighted by molar-refractivity contribution is -0.00264. The van der Waals surface area contributed by atoms with Crippen LogP contribution in [0.1, 0.15) is 43.6 Å². The summed E-state index contributed by atoms with van der Waals surface area (Å²) >= 11 is 1.88. The molecule has 0 saturated heterocycles. The van der Waals surface area contributed by atoms with E-state index in [1.54, 1.807) is 37.7 Å². The van der Waals surface area contributed by atoms with Crippen LogP contribution in [0.2, 0.25) is 0 Å². The lowest BCUT2D eigenvalue weighted by Crippen LogP contribution is -2.43. The highest BCUT2D eigenvalue weighted by atomic mass is 32.1. The molecule has 0 nitrogen and oxygen atoms in total. The summed E-state index contributed by atoms with van der Waals surface area (Å²) < 4.78 is 0. The molecule has 1 heteroatoms. The van der Waals surface area contributed by atoms with E-state index in [1.165, 1.54) is 0 Å². The van der Waals surface area contributed by atoms with E-state index in [1.807, 2.05) is 11.3 Å². The molecule has 0 aromatic carbocycles. The third-order valence-corrected chi connectivity index (χ3v) is 5.86. The standard InChI is InChI=1S/C14H18S/c1-2-15-8-11(1)14-12-4-9-3-10(6-12)7-13(14)5-9/h1-2,8-10,12-14H,3-7H2. The molecule has 4 fully saturated rings. The van der Waals surface area contributed by atoms with Gasteiger partial charge in [-0.25, -0.2) is 0 Å². The second-order valence-electron chi connectivity index (χ2n) is 6.01. The zero-order valence-electron chi connectivity index (χ0n) is 9.06. The monoisotopic (exact) mass is 218 g/mol. The highest BCUT2D eigenvalue weighted by Gasteiger charge is 2.48. The Kier molecular flexibility index (Phi) is 1.82. The lowest BCUT2D eigenvalue weighted by Gasteiger charge is -2.54. The molecular weight excluding hydrogens is 200 g/mol. The topological polar surface area (TPSA) is 0 Å². The van der Waals surface area contributed by atoms with Crippen molar-refractivity contribution in [2.24, 2.45) is 23.7 Å². The van der Waals surface area contributed by atoms with Gasteiger partial charge in [0, 0.05) is 0 Å². The van der Waals surface area contributed by atoms with Gasteiger partial charge in [0.1, 0.15) is 0 Å². The number of hydrogen-bond acceptors (Lipinski definition) is 1. The van der Waals surface area contributed by atoms with Gasteiger partial charge >= 0.3 is 0 Å². The highest BCUT2D eigenvalue weighted by molar-refractivity contribution is 7.07. The van der Waals surface area contributed by atoms with Gasteiger partial charge in [0.05, 0.1) is 0 Å². The Morgan fingerprint density at radius 3 is 2.13 bits per heavy atom. The second-order valence-corrected chi connectivity index (χ2v) is 6.79. The van der Waals surface area contributed by atoms with Crippen LogP contribution in [0.25, 0.3) is 0 Å². The summed E-state index contributed by atoms with van der Waals surface area (Å²) in [6, 6.07) is 2.39. The third kappa shape index (κ3) is 1.25. The van der Waals surface area contributed by atoms with Gasteiger partial charge < -0.3 is 0 Å². The third-order valence-electron chi connectivity index (χ3n) is 5.15. The normalized spacial score (nSPS) is 47.3. The van der Waals surface area contributed by atoms with Crippen molar-refractivity contribution >= 4 is 11.3 Å². The highest BCUT2D eigenvalue weighted by Crippen LogP contribution is 2.59. The molecule has 0 amide bonds. The maximum absolute atomic E-state index is 2.41. The molecule has 1 aromatic rings. The molecule has 4 bridgehead atoms. The Balaban J connectivity index is 1.71. The summed E-state index contributed by atoms with van der Waals surface area (Å²) in [5.74, 6) is 5.28. The Hall–Kier alpha value is -0.300. The first-order chi connectivity index (χ1) is 7.40. The lowest BCUT2D eigenvalue weighted by atomic mass is 9.51. The summed E-state index contributed by atoms with van der Waals surface area (Å²) in [6.45, 7) is 0. The molecule has 1 aromatic heterocycles. The van der Waals surface area contributed by atoms with Gasteiger partial charge in [-0.1, -0.05) is 0 Å². The van der Waals surface area contributed by atoms with Gasteiger partial charge in [-0.2, -0.15) is 11.3 Å². The predicted octanol–water partition coefficient (Wildman–Crippen LogP) is 4.29. The molecule has 4 aliphatic carbocycles. The van der Waals surface area contributed by atoms with Crippen molar-refractivity contribution in [1.29, 1.82) is 0 Å². The van der Waals surface area contributed by atoms with Crippen LogP contribution >= 0.6 is 11.3 Å². The summed E-state index contributed by atoms with van der Waals surface area (Å²) in [5.41, 5.74) is 1.67. The molecule has 0 unspecified atom stereocenters. The van der Waals surface area contributed by atoms with E-state index in [4.69, 9.17) is 0 Å².